The lowest BCUT2D eigenvalue weighted by molar-refractivity contribution is -0.245. The standard InChI is InChI=1S/C27H26O5/c1-4-10-20(11-5-1)16-28-24-23-19-31-27(32-23)26(30-18-22-14-8-3-9-15-22)25(24)29-17-21-12-6-2-7-13-21/h1-15,19,24-27H,16-18H2/t24-,25+,26-,27-/m1/s1. The van der Waals surface area contributed by atoms with Gasteiger partial charge in [-0.2, -0.15) is 0 Å². The molecule has 2 aliphatic heterocycles. The molecule has 0 aliphatic carbocycles. The topological polar surface area (TPSA) is 46.2 Å². The van der Waals surface area contributed by atoms with Crippen LogP contribution in [0.5, 0.6) is 0 Å². The molecule has 1 saturated heterocycles. The molecule has 5 rings (SSSR count). The average Bonchev–Trinajstić information content (AvgIpc) is 3.29. The number of fused-ring (bicyclic) bond motifs is 2. The zero-order valence-corrected chi connectivity index (χ0v) is 17.7. The molecule has 5 heteroatoms. The van der Waals surface area contributed by atoms with Gasteiger partial charge in [-0.25, -0.2) is 0 Å². The second-order valence-electron chi connectivity index (χ2n) is 7.88. The fourth-order valence-electron chi connectivity index (χ4n) is 3.92. The molecule has 0 aromatic heterocycles. The van der Waals surface area contributed by atoms with Crippen LogP contribution in [0.15, 0.2) is 103 Å². The van der Waals surface area contributed by atoms with Crippen molar-refractivity contribution in [2.24, 2.45) is 0 Å². The normalized spacial score (nSPS) is 23.8. The van der Waals surface area contributed by atoms with Crippen molar-refractivity contribution in [1.29, 1.82) is 0 Å². The Morgan fingerprint density at radius 3 is 1.56 bits per heavy atom. The molecule has 0 radical (unpaired) electrons. The second-order valence-corrected chi connectivity index (χ2v) is 7.88. The molecule has 1 fully saturated rings. The van der Waals surface area contributed by atoms with Crippen LogP contribution < -0.4 is 0 Å². The first-order valence-corrected chi connectivity index (χ1v) is 10.9. The first-order valence-electron chi connectivity index (χ1n) is 10.9. The molecule has 0 N–H and O–H groups in total. The summed E-state index contributed by atoms with van der Waals surface area (Å²) in [5.74, 6) is 0.642. The Hall–Kier alpha value is -3.12. The van der Waals surface area contributed by atoms with Crippen LogP contribution in [0.3, 0.4) is 0 Å². The summed E-state index contributed by atoms with van der Waals surface area (Å²) in [6.07, 6.45) is -0.174. The average molecular weight is 431 g/mol. The summed E-state index contributed by atoms with van der Waals surface area (Å²) in [7, 11) is 0. The van der Waals surface area contributed by atoms with E-state index in [0.717, 1.165) is 16.7 Å². The van der Waals surface area contributed by atoms with Gasteiger partial charge in [-0.3, -0.25) is 0 Å². The zero-order chi connectivity index (χ0) is 21.6. The Bertz CT molecular complexity index is 1010. The predicted octanol–water partition coefficient (Wildman–Crippen LogP) is 4.97. The maximum absolute atomic E-state index is 6.40. The van der Waals surface area contributed by atoms with Crippen LogP contribution in [-0.4, -0.2) is 24.6 Å². The van der Waals surface area contributed by atoms with E-state index in [4.69, 9.17) is 23.7 Å². The van der Waals surface area contributed by atoms with Gasteiger partial charge in [0.05, 0.1) is 19.8 Å². The van der Waals surface area contributed by atoms with Crippen molar-refractivity contribution >= 4 is 0 Å². The van der Waals surface area contributed by atoms with E-state index < -0.39 is 18.5 Å². The van der Waals surface area contributed by atoms with Gasteiger partial charge in [0.1, 0.15) is 18.5 Å². The van der Waals surface area contributed by atoms with Gasteiger partial charge in [0.15, 0.2) is 11.9 Å². The van der Waals surface area contributed by atoms with Crippen molar-refractivity contribution < 1.29 is 23.7 Å². The first kappa shape index (κ1) is 20.8. The lowest BCUT2D eigenvalue weighted by atomic mass is 10.0. The van der Waals surface area contributed by atoms with E-state index in [1.165, 1.54) is 0 Å². The molecule has 32 heavy (non-hydrogen) atoms. The van der Waals surface area contributed by atoms with Crippen LogP contribution >= 0.6 is 0 Å². The summed E-state index contributed by atoms with van der Waals surface area (Å²) in [5.41, 5.74) is 3.25. The molecule has 0 unspecified atom stereocenters. The minimum absolute atomic E-state index is 0.380. The second kappa shape index (κ2) is 10.0. The summed E-state index contributed by atoms with van der Waals surface area (Å²) in [5, 5.41) is 0. The van der Waals surface area contributed by atoms with Gasteiger partial charge in [0.25, 0.3) is 6.29 Å². The number of hydrogen-bond acceptors (Lipinski definition) is 5. The summed E-state index contributed by atoms with van der Waals surface area (Å²) in [6, 6.07) is 30.2. The van der Waals surface area contributed by atoms with Gasteiger partial charge in [-0.15, -0.1) is 0 Å². The third-order valence-corrected chi connectivity index (χ3v) is 5.58. The summed E-state index contributed by atoms with van der Waals surface area (Å²) < 4.78 is 30.8. The maximum Gasteiger partial charge on any atom is 0.268 e. The van der Waals surface area contributed by atoms with Crippen LogP contribution in [0.25, 0.3) is 0 Å². The molecule has 5 nitrogen and oxygen atoms in total. The number of benzene rings is 3. The fourth-order valence-corrected chi connectivity index (χ4v) is 3.92. The molecular formula is C27H26O5. The molecule has 2 bridgehead atoms. The van der Waals surface area contributed by atoms with Crippen LogP contribution in [0.1, 0.15) is 16.7 Å². The third-order valence-electron chi connectivity index (χ3n) is 5.58. The van der Waals surface area contributed by atoms with Gasteiger partial charge < -0.3 is 23.7 Å². The van der Waals surface area contributed by atoms with Crippen molar-refractivity contribution in [2.75, 3.05) is 0 Å². The first-order chi connectivity index (χ1) is 15.9. The Morgan fingerprint density at radius 2 is 1.03 bits per heavy atom. The molecule has 164 valence electrons. The minimum Gasteiger partial charge on any atom is -0.456 e. The van der Waals surface area contributed by atoms with Gasteiger partial charge in [0.2, 0.25) is 0 Å². The smallest absolute Gasteiger partial charge is 0.268 e. The lowest BCUT2D eigenvalue weighted by Gasteiger charge is -2.38. The fraction of sp³-hybridized carbons (Fsp3) is 0.259. The number of hydrogen-bond donors (Lipinski definition) is 0. The summed E-state index contributed by atoms with van der Waals surface area (Å²) in [6.45, 7) is 1.32. The molecule has 2 aliphatic rings. The van der Waals surface area contributed by atoms with Crippen molar-refractivity contribution in [3.05, 3.63) is 120 Å². The molecule has 2 heterocycles. The number of ether oxygens (including phenoxy) is 5. The van der Waals surface area contributed by atoms with Gasteiger partial charge in [-0.1, -0.05) is 91.0 Å². The molecule has 3 aromatic rings. The third kappa shape index (κ3) is 4.86. The van der Waals surface area contributed by atoms with E-state index in [9.17, 15) is 0 Å². The molecule has 0 amide bonds. The number of rotatable bonds is 9. The molecule has 4 atom stereocenters. The Morgan fingerprint density at radius 1 is 0.562 bits per heavy atom. The largest absolute Gasteiger partial charge is 0.456 e. The maximum atomic E-state index is 6.40. The molecular weight excluding hydrogens is 404 g/mol. The monoisotopic (exact) mass is 430 g/mol. The summed E-state index contributed by atoms with van der Waals surface area (Å²) in [4.78, 5) is 0. The van der Waals surface area contributed by atoms with Gasteiger partial charge in [-0.05, 0) is 16.7 Å². The molecule has 0 saturated carbocycles. The Balaban J connectivity index is 1.34. The van der Waals surface area contributed by atoms with Gasteiger partial charge >= 0.3 is 0 Å². The highest BCUT2D eigenvalue weighted by molar-refractivity contribution is 5.18. The predicted molar refractivity (Wildman–Crippen MR) is 119 cm³/mol. The van der Waals surface area contributed by atoms with Crippen LogP contribution in [0, 0.1) is 0 Å². The Labute approximate surface area is 188 Å². The quantitative estimate of drug-likeness (QED) is 0.480. The van der Waals surface area contributed by atoms with E-state index in [-0.39, 0.29) is 6.10 Å². The molecule has 3 aromatic carbocycles. The molecule has 0 spiro atoms. The van der Waals surface area contributed by atoms with Crippen molar-refractivity contribution in [2.45, 2.75) is 44.4 Å². The highest BCUT2D eigenvalue weighted by Crippen LogP contribution is 2.36. The SMILES string of the molecule is C1=C2O[C@@H](O1)[C@H](OCc1ccccc1)[C@@H](OCc1ccccc1)[C@@H]2OCc1ccccc1. The van der Waals surface area contributed by atoms with E-state index in [1.54, 1.807) is 6.26 Å². The van der Waals surface area contributed by atoms with Crippen LogP contribution in [0.4, 0.5) is 0 Å². The highest BCUT2D eigenvalue weighted by Gasteiger charge is 2.50. The lowest BCUT2D eigenvalue weighted by Crippen LogP contribution is -2.53. The van der Waals surface area contributed by atoms with Crippen molar-refractivity contribution in [3.8, 4) is 0 Å². The zero-order valence-electron chi connectivity index (χ0n) is 17.7. The van der Waals surface area contributed by atoms with E-state index in [1.807, 2.05) is 91.0 Å². The van der Waals surface area contributed by atoms with E-state index >= 15 is 0 Å². The van der Waals surface area contributed by atoms with E-state index in [0.29, 0.717) is 25.6 Å². The van der Waals surface area contributed by atoms with Gasteiger partial charge in [0, 0.05) is 0 Å². The van der Waals surface area contributed by atoms with Crippen molar-refractivity contribution in [3.63, 3.8) is 0 Å². The van der Waals surface area contributed by atoms with E-state index in [2.05, 4.69) is 0 Å². The Kier molecular flexibility index (Phi) is 6.49. The van der Waals surface area contributed by atoms with Crippen LogP contribution in [0.2, 0.25) is 0 Å². The summed E-state index contributed by atoms with van der Waals surface area (Å²) >= 11 is 0. The van der Waals surface area contributed by atoms with Crippen molar-refractivity contribution in [1.82, 2.24) is 0 Å². The minimum atomic E-state index is -0.550. The van der Waals surface area contributed by atoms with Crippen LogP contribution in [-0.2, 0) is 43.5 Å². The highest BCUT2D eigenvalue weighted by atomic mass is 16.7.